The van der Waals surface area contributed by atoms with Crippen LogP contribution in [-0.4, -0.2) is 16.8 Å². The summed E-state index contributed by atoms with van der Waals surface area (Å²) in [4.78, 5) is 27.4. The van der Waals surface area contributed by atoms with Gasteiger partial charge in [0.25, 0.3) is 0 Å². The van der Waals surface area contributed by atoms with E-state index >= 15 is 0 Å². The molecular formula is C18H15F2N3O2S. The Morgan fingerprint density at radius 2 is 1.92 bits per heavy atom. The maximum Gasteiger partial charge on any atom is 0.224 e. The standard InChI is InChI=1S/C18H15F2N3O2S/c1-10(24)21-18-23-15-6-4-13(9-16(15)26-18)22-17(25)7-2-11-8-12(19)3-5-14(11)20/h3-6,8-9H,2,7H2,1H3,(H,22,25)(H,21,23,24). The van der Waals surface area contributed by atoms with Crippen molar-refractivity contribution in [1.82, 2.24) is 4.98 Å². The number of fused-ring (bicyclic) bond motifs is 1. The summed E-state index contributed by atoms with van der Waals surface area (Å²) in [6.07, 6.45) is 0.128. The molecule has 3 aromatic rings. The second-order valence-electron chi connectivity index (χ2n) is 5.67. The third kappa shape index (κ3) is 4.40. The van der Waals surface area contributed by atoms with E-state index in [1.807, 2.05) is 0 Å². The summed E-state index contributed by atoms with van der Waals surface area (Å²) in [5.41, 5.74) is 1.44. The van der Waals surface area contributed by atoms with Crippen molar-refractivity contribution in [3.63, 3.8) is 0 Å². The zero-order valence-corrected chi connectivity index (χ0v) is 14.6. The van der Waals surface area contributed by atoms with E-state index in [0.717, 1.165) is 22.9 Å². The summed E-state index contributed by atoms with van der Waals surface area (Å²) in [5.74, 6) is -1.58. The first-order chi connectivity index (χ1) is 12.4. The number of carbonyl (C=O) groups is 2. The second kappa shape index (κ2) is 7.57. The Hall–Kier alpha value is -2.87. The normalized spacial score (nSPS) is 10.7. The van der Waals surface area contributed by atoms with E-state index in [2.05, 4.69) is 15.6 Å². The number of rotatable bonds is 5. The fourth-order valence-corrected chi connectivity index (χ4v) is 3.36. The van der Waals surface area contributed by atoms with Gasteiger partial charge >= 0.3 is 0 Å². The average Bonchev–Trinajstić information content (AvgIpc) is 2.96. The Morgan fingerprint density at radius 3 is 2.69 bits per heavy atom. The van der Waals surface area contributed by atoms with Crippen molar-refractivity contribution >= 4 is 44.2 Å². The Morgan fingerprint density at radius 1 is 1.12 bits per heavy atom. The number of aromatic nitrogens is 1. The van der Waals surface area contributed by atoms with Gasteiger partial charge in [-0.15, -0.1) is 0 Å². The van der Waals surface area contributed by atoms with Crippen LogP contribution in [0.2, 0.25) is 0 Å². The lowest BCUT2D eigenvalue weighted by Gasteiger charge is -2.06. The van der Waals surface area contributed by atoms with Crippen molar-refractivity contribution in [2.24, 2.45) is 0 Å². The Labute approximate surface area is 152 Å². The lowest BCUT2D eigenvalue weighted by molar-refractivity contribution is -0.116. The van der Waals surface area contributed by atoms with E-state index in [0.29, 0.717) is 16.3 Å². The first kappa shape index (κ1) is 17.9. The molecule has 0 radical (unpaired) electrons. The molecule has 0 aliphatic carbocycles. The fourth-order valence-electron chi connectivity index (χ4n) is 2.41. The van der Waals surface area contributed by atoms with Crippen molar-refractivity contribution in [3.8, 4) is 0 Å². The Balaban J connectivity index is 1.65. The quantitative estimate of drug-likeness (QED) is 0.705. The molecule has 1 aromatic heterocycles. The van der Waals surface area contributed by atoms with Crippen LogP contribution in [-0.2, 0) is 16.0 Å². The zero-order valence-electron chi connectivity index (χ0n) is 13.8. The molecule has 2 amide bonds. The van der Waals surface area contributed by atoms with Crippen LogP contribution in [0.15, 0.2) is 36.4 Å². The molecule has 0 bridgehead atoms. The lowest BCUT2D eigenvalue weighted by Crippen LogP contribution is -2.12. The molecule has 2 N–H and O–H groups in total. The number of hydrogen-bond acceptors (Lipinski definition) is 4. The number of thiazole rings is 1. The molecule has 5 nitrogen and oxygen atoms in total. The molecule has 2 aromatic carbocycles. The van der Waals surface area contributed by atoms with Gasteiger partial charge in [-0.05, 0) is 48.4 Å². The van der Waals surface area contributed by atoms with Gasteiger partial charge in [0, 0.05) is 19.0 Å². The molecule has 0 saturated heterocycles. The van der Waals surface area contributed by atoms with Gasteiger partial charge in [0.1, 0.15) is 11.6 Å². The number of anilines is 2. The first-order valence-electron chi connectivity index (χ1n) is 7.82. The van der Waals surface area contributed by atoms with Gasteiger partial charge in [-0.3, -0.25) is 9.59 Å². The summed E-state index contributed by atoms with van der Waals surface area (Å²) in [6, 6.07) is 8.36. The molecule has 0 unspecified atom stereocenters. The largest absolute Gasteiger partial charge is 0.326 e. The topological polar surface area (TPSA) is 71.1 Å². The van der Waals surface area contributed by atoms with Crippen molar-refractivity contribution in [1.29, 1.82) is 0 Å². The van der Waals surface area contributed by atoms with Crippen molar-refractivity contribution in [2.75, 3.05) is 10.6 Å². The minimum absolute atomic E-state index is 0.0260. The third-order valence-electron chi connectivity index (χ3n) is 3.58. The first-order valence-corrected chi connectivity index (χ1v) is 8.64. The smallest absolute Gasteiger partial charge is 0.224 e. The molecule has 0 fully saturated rings. The van der Waals surface area contributed by atoms with E-state index in [4.69, 9.17) is 0 Å². The maximum absolute atomic E-state index is 13.6. The van der Waals surface area contributed by atoms with Gasteiger partial charge in [0.05, 0.1) is 10.2 Å². The molecule has 0 atom stereocenters. The number of nitrogens with one attached hydrogen (secondary N) is 2. The van der Waals surface area contributed by atoms with Crippen molar-refractivity contribution < 1.29 is 18.4 Å². The number of aryl methyl sites for hydroxylation is 1. The average molecular weight is 375 g/mol. The molecule has 134 valence electrons. The van der Waals surface area contributed by atoms with Gasteiger partial charge in [-0.1, -0.05) is 11.3 Å². The second-order valence-corrected chi connectivity index (χ2v) is 6.70. The summed E-state index contributed by atoms with van der Waals surface area (Å²) in [7, 11) is 0. The highest BCUT2D eigenvalue weighted by atomic mass is 32.1. The van der Waals surface area contributed by atoms with Gasteiger partial charge in [-0.25, -0.2) is 13.8 Å². The van der Waals surface area contributed by atoms with Gasteiger partial charge < -0.3 is 10.6 Å². The predicted octanol–water partition coefficient (Wildman–Crippen LogP) is 4.10. The van der Waals surface area contributed by atoms with Crippen LogP contribution in [0.5, 0.6) is 0 Å². The van der Waals surface area contributed by atoms with Crippen LogP contribution >= 0.6 is 11.3 Å². The molecule has 8 heteroatoms. The highest BCUT2D eigenvalue weighted by Gasteiger charge is 2.10. The van der Waals surface area contributed by atoms with Crippen molar-refractivity contribution in [3.05, 3.63) is 53.6 Å². The van der Waals surface area contributed by atoms with E-state index in [-0.39, 0.29) is 30.2 Å². The van der Waals surface area contributed by atoms with Crippen LogP contribution in [0.25, 0.3) is 10.2 Å². The fraction of sp³-hybridized carbons (Fsp3) is 0.167. The predicted molar refractivity (Wildman–Crippen MR) is 97.2 cm³/mol. The SMILES string of the molecule is CC(=O)Nc1nc2ccc(NC(=O)CCc3cc(F)ccc3F)cc2s1. The van der Waals surface area contributed by atoms with E-state index in [1.165, 1.54) is 18.3 Å². The van der Waals surface area contributed by atoms with Crippen LogP contribution in [0, 0.1) is 11.6 Å². The zero-order chi connectivity index (χ0) is 18.7. The van der Waals surface area contributed by atoms with Crippen LogP contribution < -0.4 is 10.6 Å². The van der Waals surface area contributed by atoms with Crippen LogP contribution in [0.4, 0.5) is 19.6 Å². The van der Waals surface area contributed by atoms with Gasteiger partial charge in [0.2, 0.25) is 11.8 Å². The molecule has 1 heterocycles. The van der Waals surface area contributed by atoms with E-state index in [1.54, 1.807) is 18.2 Å². The Bertz CT molecular complexity index is 988. The van der Waals surface area contributed by atoms with Crippen molar-refractivity contribution in [2.45, 2.75) is 19.8 Å². The molecule has 0 aliphatic rings. The lowest BCUT2D eigenvalue weighted by atomic mass is 10.1. The molecule has 0 saturated carbocycles. The van der Waals surface area contributed by atoms with Crippen LogP contribution in [0.1, 0.15) is 18.9 Å². The number of amides is 2. The minimum Gasteiger partial charge on any atom is -0.326 e. The van der Waals surface area contributed by atoms with Crippen LogP contribution in [0.3, 0.4) is 0 Å². The summed E-state index contributed by atoms with van der Waals surface area (Å²) >= 11 is 1.30. The number of hydrogen-bond donors (Lipinski definition) is 2. The number of benzene rings is 2. The molecule has 26 heavy (non-hydrogen) atoms. The molecule has 0 spiro atoms. The number of nitrogens with zero attached hydrogens (tertiary/aromatic N) is 1. The number of halogens is 2. The highest BCUT2D eigenvalue weighted by molar-refractivity contribution is 7.22. The molecule has 0 aliphatic heterocycles. The monoisotopic (exact) mass is 375 g/mol. The van der Waals surface area contributed by atoms with E-state index < -0.39 is 11.6 Å². The summed E-state index contributed by atoms with van der Waals surface area (Å²) in [5, 5.41) is 5.83. The summed E-state index contributed by atoms with van der Waals surface area (Å²) < 4.78 is 27.5. The van der Waals surface area contributed by atoms with Gasteiger partial charge in [-0.2, -0.15) is 0 Å². The molecule has 3 rings (SSSR count). The maximum atomic E-state index is 13.6. The number of carbonyl (C=O) groups excluding carboxylic acids is 2. The van der Waals surface area contributed by atoms with Gasteiger partial charge in [0.15, 0.2) is 5.13 Å². The third-order valence-corrected chi connectivity index (χ3v) is 4.52. The molecular weight excluding hydrogens is 360 g/mol. The Kier molecular flexibility index (Phi) is 5.22. The minimum atomic E-state index is -0.535. The summed E-state index contributed by atoms with van der Waals surface area (Å²) in [6.45, 7) is 1.40. The highest BCUT2D eigenvalue weighted by Crippen LogP contribution is 2.28. The van der Waals surface area contributed by atoms with E-state index in [9.17, 15) is 18.4 Å².